The molecule has 2 amide bonds. The maximum atomic E-state index is 12.6. The van der Waals surface area contributed by atoms with Crippen LogP contribution in [0.3, 0.4) is 0 Å². The molecule has 1 saturated heterocycles. The Morgan fingerprint density at radius 3 is 2.58 bits per heavy atom. The third-order valence-electron chi connectivity index (χ3n) is 4.06. The molecule has 0 aliphatic carbocycles. The number of rotatable bonds is 6. The number of carbonyl (C=O) groups is 2. The summed E-state index contributed by atoms with van der Waals surface area (Å²) >= 11 is 3.33. The van der Waals surface area contributed by atoms with Gasteiger partial charge in [0.2, 0.25) is 5.91 Å². The first kappa shape index (κ1) is 18.9. The number of benzene rings is 1. The molecular formula is C16H21BrN2O4S. The van der Waals surface area contributed by atoms with Crippen molar-refractivity contribution < 1.29 is 18.0 Å². The van der Waals surface area contributed by atoms with Crippen molar-refractivity contribution in [2.45, 2.75) is 25.8 Å². The van der Waals surface area contributed by atoms with Crippen molar-refractivity contribution in [3.8, 4) is 0 Å². The van der Waals surface area contributed by atoms with Crippen LogP contribution in [0.25, 0.3) is 0 Å². The molecule has 0 spiro atoms. The van der Waals surface area contributed by atoms with E-state index in [1.807, 2.05) is 0 Å². The molecule has 1 aliphatic heterocycles. The van der Waals surface area contributed by atoms with E-state index < -0.39 is 15.9 Å². The minimum absolute atomic E-state index is 0.0560. The van der Waals surface area contributed by atoms with Crippen LogP contribution in [-0.4, -0.2) is 55.8 Å². The van der Waals surface area contributed by atoms with E-state index in [-0.39, 0.29) is 29.9 Å². The van der Waals surface area contributed by atoms with Crippen LogP contribution in [0, 0.1) is 0 Å². The number of hydrogen-bond acceptors (Lipinski definition) is 4. The van der Waals surface area contributed by atoms with Gasteiger partial charge in [-0.05, 0) is 37.1 Å². The smallest absolute Gasteiger partial charge is 0.254 e. The van der Waals surface area contributed by atoms with E-state index in [0.29, 0.717) is 18.5 Å². The number of likely N-dealkylation sites (tertiary alicyclic amines) is 1. The average Bonchev–Trinajstić information content (AvgIpc) is 3.04. The third-order valence-corrected chi connectivity index (χ3v) is 6.29. The summed E-state index contributed by atoms with van der Waals surface area (Å²) in [6.45, 7) is 2.18. The highest BCUT2D eigenvalue weighted by molar-refractivity contribution is 9.10. The van der Waals surface area contributed by atoms with Gasteiger partial charge in [-0.15, -0.1) is 0 Å². The summed E-state index contributed by atoms with van der Waals surface area (Å²) in [5.74, 6) is -0.492. The van der Waals surface area contributed by atoms with Crippen LogP contribution >= 0.6 is 15.9 Å². The molecule has 1 N–H and O–H groups in total. The van der Waals surface area contributed by atoms with Crippen molar-refractivity contribution in [1.82, 2.24) is 10.2 Å². The molecular weight excluding hydrogens is 396 g/mol. The van der Waals surface area contributed by atoms with Crippen LogP contribution in [0.5, 0.6) is 0 Å². The Morgan fingerprint density at radius 2 is 1.96 bits per heavy atom. The van der Waals surface area contributed by atoms with Gasteiger partial charge in [0.1, 0.15) is 6.04 Å². The van der Waals surface area contributed by atoms with Gasteiger partial charge < -0.3 is 10.2 Å². The molecule has 2 rings (SSSR count). The SMILES string of the molecule is CCS(=O)(=O)CCNC(=O)C1CCCN1C(=O)c1ccc(Br)cc1. The van der Waals surface area contributed by atoms with Gasteiger partial charge in [-0.3, -0.25) is 9.59 Å². The molecule has 0 radical (unpaired) electrons. The van der Waals surface area contributed by atoms with E-state index in [0.717, 1.165) is 10.9 Å². The van der Waals surface area contributed by atoms with Crippen molar-refractivity contribution in [3.63, 3.8) is 0 Å². The predicted octanol–water partition coefficient (Wildman–Crippen LogP) is 1.60. The normalized spacial score (nSPS) is 17.8. The molecule has 1 aromatic carbocycles. The molecule has 8 heteroatoms. The molecule has 1 aliphatic rings. The van der Waals surface area contributed by atoms with E-state index in [9.17, 15) is 18.0 Å². The second-order valence-corrected chi connectivity index (χ2v) is 9.08. The summed E-state index contributed by atoms with van der Waals surface area (Å²) in [5.41, 5.74) is 0.534. The Hall–Kier alpha value is -1.41. The summed E-state index contributed by atoms with van der Waals surface area (Å²) in [6, 6.07) is 6.47. The Labute approximate surface area is 150 Å². The molecule has 132 valence electrons. The molecule has 24 heavy (non-hydrogen) atoms. The molecule has 0 bridgehead atoms. The van der Waals surface area contributed by atoms with Crippen LogP contribution in [0.4, 0.5) is 0 Å². The number of hydrogen-bond donors (Lipinski definition) is 1. The summed E-state index contributed by atoms with van der Waals surface area (Å²) < 4.78 is 23.8. The van der Waals surface area contributed by atoms with Gasteiger partial charge in [-0.25, -0.2) is 8.42 Å². The number of sulfone groups is 1. The van der Waals surface area contributed by atoms with Gasteiger partial charge in [0, 0.05) is 28.9 Å². The van der Waals surface area contributed by atoms with Gasteiger partial charge >= 0.3 is 0 Å². The van der Waals surface area contributed by atoms with Crippen LogP contribution in [0.2, 0.25) is 0 Å². The average molecular weight is 417 g/mol. The third kappa shape index (κ3) is 4.80. The molecule has 0 saturated carbocycles. The highest BCUT2D eigenvalue weighted by Crippen LogP contribution is 2.21. The quantitative estimate of drug-likeness (QED) is 0.763. The fourth-order valence-electron chi connectivity index (χ4n) is 2.63. The van der Waals surface area contributed by atoms with Crippen molar-refractivity contribution >= 4 is 37.6 Å². The van der Waals surface area contributed by atoms with E-state index >= 15 is 0 Å². The first-order chi connectivity index (χ1) is 11.3. The molecule has 6 nitrogen and oxygen atoms in total. The lowest BCUT2D eigenvalue weighted by atomic mass is 10.1. The zero-order chi connectivity index (χ0) is 17.7. The number of amides is 2. The molecule has 1 aromatic rings. The van der Waals surface area contributed by atoms with Crippen molar-refractivity contribution in [1.29, 1.82) is 0 Å². The maximum Gasteiger partial charge on any atom is 0.254 e. The summed E-state index contributed by atoms with van der Waals surface area (Å²) in [7, 11) is -3.12. The van der Waals surface area contributed by atoms with Gasteiger partial charge in [0.15, 0.2) is 9.84 Å². The number of carbonyl (C=O) groups excluding carboxylic acids is 2. The molecule has 0 aromatic heterocycles. The fraction of sp³-hybridized carbons (Fsp3) is 0.500. The fourth-order valence-corrected chi connectivity index (χ4v) is 3.60. The van der Waals surface area contributed by atoms with Gasteiger partial charge in [-0.2, -0.15) is 0 Å². The first-order valence-corrected chi connectivity index (χ1v) is 10.5. The summed E-state index contributed by atoms with van der Waals surface area (Å²) in [5, 5.41) is 2.64. The highest BCUT2D eigenvalue weighted by atomic mass is 79.9. The molecule has 1 unspecified atom stereocenters. The second kappa shape index (κ2) is 8.11. The zero-order valence-corrected chi connectivity index (χ0v) is 15.9. The molecule has 1 fully saturated rings. The van der Waals surface area contributed by atoms with E-state index in [1.165, 1.54) is 0 Å². The van der Waals surface area contributed by atoms with Gasteiger partial charge in [0.25, 0.3) is 5.91 Å². The van der Waals surface area contributed by atoms with Crippen molar-refractivity contribution in [3.05, 3.63) is 34.3 Å². The predicted molar refractivity (Wildman–Crippen MR) is 95.5 cm³/mol. The van der Waals surface area contributed by atoms with Crippen LogP contribution in [0.1, 0.15) is 30.1 Å². The topological polar surface area (TPSA) is 83.6 Å². The summed E-state index contributed by atoms with van der Waals surface area (Å²) in [4.78, 5) is 26.5. The maximum absolute atomic E-state index is 12.6. The number of nitrogens with one attached hydrogen (secondary N) is 1. The Kier molecular flexibility index (Phi) is 6.40. The lowest BCUT2D eigenvalue weighted by molar-refractivity contribution is -0.124. The Morgan fingerprint density at radius 1 is 1.29 bits per heavy atom. The lowest BCUT2D eigenvalue weighted by Crippen LogP contribution is -2.46. The number of nitrogens with zero attached hydrogens (tertiary/aromatic N) is 1. The van der Waals surface area contributed by atoms with Gasteiger partial charge in [-0.1, -0.05) is 22.9 Å². The van der Waals surface area contributed by atoms with Crippen LogP contribution in [0.15, 0.2) is 28.7 Å². The summed E-state index contributed by atoms with van der Waals surface area (Å²) in [6.07, 6.45) is 1.35. The van der Waals surface area contributed by atoms with Crippen molar-refractivity contribution in [2.75, 3.05) is 24.6 Å². The highest BCUT2D eigenvalue weighted by Gasteiger charge is 2.34. The van der Waals surface area contributed by atoms with Crippen LogP contribution < -0.4 is 5.32 Å². The van der Waals surface area contributed by atoms with Gasteiger partial charge in [0.05, 0.1) is 5.75 Å². The van der Waals surface area contributed by atoms with Crippen molar-refractivity contribution in [2.24, 2.45) is 0 Å². The standard InChI is InChI=1S/C16H21BrN2O4S/c1-2-24(22,23)11-9-18-15(20)14-4-3-10-19(14)16(21)12-5-7-13(17)8-6-12/h5-8,14H,2-4,9-11H2,1H3,(H,18,20). The van der Waals surface area contributed by atoms with Crippen LogP contribution in [-0.2, 0) is 14.6 Å². The lowest BCUT2D eigenvalue weighted by Gasteiger charge is -2.24. The van der Waals surface area contributed by atoms with E-state index in [2.05, 4.69) is 21.2 Å². The molecule has 1 heterocycles. The monoisotopic (exact) mass is 416 g/mol. The minimum atomic E-state index is -3.12. The number of halogens is 1. The largest absolute Gasteiger partial charge is 0.353 e. The zero-order valence-electron chi connectivity index (χ0n) is 13.5. The molecule has 1 atom stereocenters. The van der Waals surface area contributed by atoms with E-state index in [1.54, 1.807) is 36.1 Å². The Balaban J connectivity index is 1.98. The Bertz CT molecular complexity index is 703. The van der Waals surface area contributed by atoms with E-state index in [4.69, 9.17) is 0 Å². The second-order valence-electron chi connectivity index (χ2n) is 5.69. The minimum Gasteiger partial charge on any atom is -0.353 e. The first-order valence-electron chi connectivity index (χ1n) is 7.88.